The third-order valence-electron chi connectivity index (χ3n) is 5.53. The monoisotopic (exact) mass is 401 g/mol. The number of aromatic nitrogens is 2. The molecule has 31 heavy (non-hydrogen) atoms. The average molecular weight is 402 g/mol. The zero-order valence-electron chi connectivity index (χ0n) is 17.4. The molecule has 0 radical (unpaired) electrons. The summed E-state index contributed by atoms with van der Waals surface area (Å²) in [5.74, 6) is 0. The first-order valence-corrected chi connectivity index (χ1v) is 10.5. The predicted octanol–water partition coefficient (Wildman–Crippen LogP) is 6.88. The summed E-state index contributed by atoms with van der Waals surface area (Å²) < 4.78 is 0. The molecule has 3 nitrogen and oxygen atoms in total. The molecule has 0 fully saturated rings. The van der Waals surface area contributed by atoms with E-state index >= 15 is 0 Å². The van der Waals surface area contributed by atoms with E-state index < -0.39 is 0 Å². The summed E-state index contributed by atoms with van der Waals surface area (Å²) in [7, 11) is 0. The van der Waals surface area contributed by atoms with Crippen molar-refractivity contribution in [3.05, 3.63) is 114 Å². The number of benzene rings is 4. The van der Waals surface area contributed by atoms with E-state index in [1.807, 2.05) is 24.3 Å². The topological polar surface area (TPSA) is 37.8 Å². The summed E-state index contributed by atoms with van der Waals surface area (Å²) in [5.41, 5.74) is 8.62. The number of anilines is 1. The molecule has 1 heterocycles. The quantitative estimate of drug-likeness (QED) is 0.349. The molecule has 150 valence electrons. The second-order valence-electron chi connectivity index (χ2n) is 7.68. The van der Waals surface area contributed by atoms with Crippen molar-refractivity contribution in [2.24, 2.45) is 0 Å². The van der Waals surface area contributed by atoms with E-state index in [2.05, 4.69) is 101 Å². The molecular weight excluding hydrogens is 378 g/mol. The fraction of sp³-hybridized carbons (Fsp3) is 0.0714. The SMILES string of the molecule is Cc1cccc2c(-c3cccc(NCc4ccccc4)c3)c(-c3ccccc3)nnc12. The lowest BCUT2D eigenvalue weighted by molar-refractivity contribution is 1.08. The maximum Gasteiger partial charge on any atom is 0.101 e. The molecule has 4 aromatic carbocycles. The molecule has 0 aliphatic rings. The fourth-order valence-electron chi connectivity index (χ4n) is 3.95. The third-order valence-corrected chi connectivity index (χ3v) is 5.53. The van der Waals surface area contributed by atoms with Crippen LogP contribution in [0.5, 0.6) is 0 Å². The van der Waals surface area contributed by atoms with Gasteiger partial charge < -0.3 is 5.32 Å². The molecule has 1 N–H and O–H groups in total. The molecule has 0 amide bonds. The van der Waals surface area contributed by atoms with Crippen LogP contribution in [0.3, 0.4) is 0 Å². The van der Waals surface area contributed by atoms with E-state index in [9.17, 15) is 0 Å². The average Bonchev–Trinajstić information content (AvgIpc) is 2.84. The van der Waals surface area contributed by atoms with Gasteiger partial charge in [-0.25, -0.2) is 0 Å². The van der Waals surface area contributed by atoms with E-state index in [4.69, 9.17) is 0 Å². The zero-order chi connectivity index (χ0) is 21.0. The van der Waals surface area contributed by atoms with E-state index in [-0.39, 0.29) is 0 Å². The maximum absolute atomic E-state index is 4.67. The van der Waals surface area contributed by atoms with Crippen molar-refractivity contribution in [2.45, 2.75) is 13.5 Å². The molecule has 0 atom stereocenters. The number of nitrogens with zero attached hydrogens (tertiary/aromatic N) is 2. The van der Waals surface area contributed by atoms with Crippen LogP contribution in [0.2, 0.25) is 0 Å². The van der Waals surface area contributed by atoms with Crippen LogP contribution < -0.4 is 5.32 Å². The van der Waals surface area contributed by atoms with Crippen molar-refractivity contribution < 1.29 is 0 Å². The third kappa shape index (κ3) is 3.90. The number of rotatable bonds is 5. The largest absolute Gasteiger partial charge is 0.381 e. The van der Waals surface area contributed by atoms with Crippen LogP contribution in [0.4, 0.5) is 5.69 Å². The summed E-state index contributed by atoms with van der Waals surface area (Å²) in [5, 5.41) is 13.9. The summed E-state index contributed by atoms with van der Waals surface area (Å²) in [6.07, 6.45) is 0. The van der Waals surface area contributed by atoms with Crippen molar-refractivity contribution in [3.8, 4) is 22.4 Å². The van der Waals surface area contributed by atoms with Gasteiger partial charge in [0.25, 0.3) is 0 Å². The second kappa shape index (κ2) is 8.41. The number of hydrogen-bond donors (Lipinski definition) is 1. The Morgan fingerprint density at radius 1 is 0.677 bits per heavy atom. The molecule has 5 aromatic rings. The summed E-state index contributed by atoms with van der Waals surface area (Å²) >= 11 is 0. The lowest BCUT2D eigenvalue weighted by Gasteiger charge is -2.14. The minimum Gasteiger partial charge on any atom is -0.381 e. The van der Waals surface area contributed by atoms with Crippen molar-refractivity contribution in [1.82, 2.24) is 10.2 Å². The minimum absolute atomic E-state index is 0.782. The van der Waals surface area contributed by atoms with Crippen LogP contribution in [0.15, 0.2) is 103 Å². The van der Waals surface area contributed by atoms with Crippen LogP contribution in [-0.2, 0) is 6.54 Å². The van der Waals surface area contributed by atoms with Gasteiger partial charge in [-0.15, -0.1) is 10.2 Å². The fourth-order valence-corrected chi connectivity index (χ4v) is 3.95. The lowest BCUT2D eigenvalue weighted by Crippen LogP contribution is -2.00. The van der Waals surface area contributed by atoms with Gasteiger partial charge in [-0.1, -0.05) is 91.0 Å². The maximum atomic E-state index is 4.67. The van der Waals surface area contributed by atoms with E-state index in [0.717, 1.165) is 51.1 Å². The van der Waals surface area contributed by atoms with Crippen LogP contribution in [0.1, 0.15) is 11.1 Å². The van der Waals surface area contributed by atoms with Gasteiger partial charge in [-0.05, 0) is 35.7 Å². The van der Waals surface area contributed by atoms with Gasteiger partial charge in [0.1, 0.15) is 5.69 Å². The molecule has 0 saturated heterocycles. The van der Waals surface area contributed by atoms with E-state index in [1.165, 1.54) is 5.56 Å². The molecule has 0 spiro atoms. The smallest absolute Gasteiger partial charge is 0.101 e. The van der Waals surface area contributed by atoms with Crippen molar-refractivity contribution in [2.75, 3.05) is 5.32 Å². The molecule has 0 saturated carbocycles. The van der Waals surface area contributed by atoms with Gasteiger partial charge in [0.15, 0.2) is 0 Å². The molecule has 0 unspecified atom stereocenters. The van der Waals surface area contributed by atoms with E-state index in [0.29, 0.717) is 0 Å². The van der Waals surface area contributed by atoms with Crippen LogP contribution >= 0.6 is 0 Å². The van der Waals surface area contributed by atoms with Gasteiger partial charge in [0, 0.05) is 28.7 Å². The highest BCUT2D eigenvalue weighted by molar-refractivity contribution is 6.02. The van der Waals surface area contributed by atoms with Crippen molar-refractivity contribution in [3.63, 3.8) is 0 Å². The van der Waals surface area contributed by atoms with Gasteiger partial charge in [-0.2, -0.15) is 0 Å². The Morgan fingerprint density at radius 3 is 2.19 bits per heavy atom. The van der Waals surface area contributed by atoms with Crippen LogP contribution in [0.25, 0.3) is 33.3 Å². The normalized spacial score (nSPS) is 10.9. The van der Waals surface area contributed by atoms with Gasteiger partial charge in [0.05, 0.1) is 5.52 Å². The molecule has 3 heteroatoms. The van der Waals surface area contributed by atoms with Gasteiger partial charge >= 0.3 is 0 Å². The van der Waals surface area contributed by atoms with Crippen LogP contribution in [-0.4, -0.2) is 10.2 Å². The zero-order valence-corrected chi connectivity index (χ0v) is 17.4. The Bertz CT molecular complexity index is 1330. The Hall–Kier alpha value is -3.98. The van der Waals surface area contributed by atoms with Crippen molar-refractivity contribution in [1.29, 1.82) is 0 Å². The second-order valence-corrected chi connectivity index (χ2v) is 7.68. The lowest BCUT2D eigenvalue weighted by atomic mass is 9.94. The highest BCUT2D eigenvalue weighted by atomic mass is 15.1. The van der Waals surface area contributed by atoms with Gasteiger partial charge in [-0.3, -0.25) is 0 Å². The molecule has 0 aliphatic carbocycles. The molecule has 0 aliphatic heterocycles. The Balaban J connectivity index is 1.63. The van der Waals surface area contributed by atoms with Crippen LogP contribution in [0, 0.1) is 6.92 Å². The molecular formula is C28H23N3. The first-order chi connectivity index (χ1) is 15.3. The highest BCUT2D eigenvalue weighted by Crippen LogP contribution is 2.37. The van der Waals surface area contributed by atoms with Crippen molar-refractivity contribution >= 4 is 16.6 Å². The number of aryl methyl sites for hydroxylation is 1. The predicted molar refractivity (Wildman–Crippen MR) is 129 cm³/mol. The Labute approximate surface area is 182 Å². The van der Waals surface area contributed by atoms with Gasteiger partial charge in [0.2, 0.25) is 0 Å². The standard InChI is InChI=1S/C28H23N3/c1-20-10-8-17-25-26(28(31-30-27(20)25)22-13-6-3-7-14-22)23-15-9-16-24(18-23)29-19-21-11-4-2-5-12-21/h2-18,29H,19H2,1H3. The Kier molecular flexibility index (Phi) is 5.16. The first kappa shape index (κ1) is 19.0. The molecule has 1 aromatic heterocycles. The molecule has 0 bridgehead atoms. The highest BCUT2D eigenvalue weighted by Gasteiger charge is 2.15. The Morgan fingerprint density at radius 2 is 1.39 bits per heavy atom. The van der Waals surface area contributed by atoms with E-state index in [1.54, 1.807) is 0 Å². The summed E-state index contributed by atoms with van der Waals surface area (Å²) in [6, 6.07) is 35.6. The summed E-state index contributed by atoms with van der Waals surface area (Å²) in [6.45, 7) is 2.87. The summed E-state index contributed by atoms with van der Waals surface area (Å²) in [4.78, 5) is 0. The first-order valence-electron chi connectivity index (χ1n) is 10.5. The number of nitrogens with one attached hydrogen (secondary N) is 1. The molecule has 5 rings (SSSR count). The number of fused-ring (bicyclic) bond motifs is 1. The number of hydrogen-bond acceptors (Lipinski definition) is 3. The minimum atomic E-state index is 0.782.